The molecule has 0 aliphatic rings. The molecule has 0 fully saturated rings. The van der Waals surface area contributed by atoms with Crippen molar-refractivity contribution < 1.29 is 4.79 Å². The summed E-state index contributed by atoms with van der Waals surface area (Å²) in [6.45, 7) is 10.8. The molecule has 0 bridgehead atoms. The molecular formula is C15H28N4OS. The first-order valence-electron chi connectivity index (χ1n) is 7.71. The Hall–Kier alpha value is -1.30. The summed E-state index contributed by atoms with van der Waals surface area (Å²) in [7, 11) is 1.98. The smallest absolute Gasteiger partial charge is 0.267 e. The largest absolute Gasteiger partial charge is 0.382 e. The van der Waals surface area contributed by atoms with Gasteiger partial charge in [-0.1, -0.05) is 38.5 Å². The van der Waals surface area contributed by atoms with Gasteiger partial charge in [0.15, 0.2) is 5.13 Å². The molecule has 1 rings (SSSR count). The quantitative estimate of drug-likeness (QED) is 0.801. The first-order valence-corrected chi connectivity index (χ1v) is 8.52. The van der Waals surface area contributed by atoms with Crippen LogP contribution in [0.25, 0.3) is 0 Å². The highest BCUT2D eigenvalue weighted by molar-refractivity contribution is 7.18. The summed E-state index contributed by atoms with van der Waals surface area (Å²) in [6, 6.07) is 0. The lowest BCUT2D eigenvalue weighted by molar-refractivity contribution is 0.0746. The van der Waals surface area contributed by atoms with E-state index in [4.69, 9.17) is 5.73 Å². The van der Waals surface area contributed by atoms with Crippen LogP contribution in [0.5, 0.6) is 0 Å². The Morgan fingerprint density at radius 1 is 1.38 bits per heavy atom. The molecule has 0 saturated carbocycles. The van der Waals surface area contributed by atoms with Crippen molar-refractivity contribution in [1.82, 2.24) is 9.88 Å². The lowest BCUT2D eigenvalue weighted by Crippen LogP contribution is -2.34. The van der Waals surface area contributed by atoms with Crippen molar-refractivity contribution >= 4 is 28.2 Å². The van der Waals surface area contributed by atoms with Gasteiger partial charge in [-0.25, -0.2) is 4.98 Å². The molecule has 21 heavy (non-hydrogen) atoms. The van der Waals surface area contributed by atoms with Crippen molar-refractivity contribution in [2.24, 2.45) is 5.92 Å². The lowest BCUT2D eigenvalue weighted by Gasteiger charge is -2.23. The summed E-state index contributed by atoms with van der Waals surface area (Å²) in [5.41, 5.74) is 5.96. The molecule has 1 aromatic rings. The molecule has 1 unspecified atom stereocenters. The van der Waals surface area contributed by atoms with Crippen LogP contribution in [-0.2, 0) is 0 Å². The lowest BCUT2D eigenvalue weighted by atomic mass is 10.1. The molecule has 0 saturated heterocycles. The minimum atomic E-state index is 0.00366. The topological polar surface area (TPSA) is 62.5 Å². The zero-order valence-electron chi connectivity index (χ0n) is 13.8. The molecule has 1 aromatic heterocycles. The molecular weight excluding hydrogens is 284 g/mol. The van der Waals surface area contributed by atoms with Gasteiger partial charge in [-0.05, 0) is 19.3 Å². The number of amides is 1. The zero-order valence-corrected chi connectivity index (χ0v) is 14.7. The third-order valence-corrected chi connectivity index (χ3v) is 4.79. The van der Waals surface area contributed by atoms with E-state index in [2.05, 4.69) is 25.8 Å². The number of nitrogen functional groups attached to an aromatic ring is 1. The average Bonchev–Trinajstić information content (AvgIpc) is 2.86. The molecule has 0 spiro atoms. The van der Waals surface area contributed by atoms with Crippen LogP contribution in [0.4, 0.5) is 10.9 Å². The van der Waals surface area contributed by atoms with Crippen molar-refractivity contribution in [1.29, 1.82) is 0 Å². The summed E-state index contributed by atoms with van der Waals surface area (Å²) in [6.07, 6.45) is 2.10. The minimum absolute atomic E-state index is 0.00366. The maximum absolute atomic E-state index is 12.6. The van der Waals surface area contributed by atoms with E-state index >= 15 is 0 Å². The van der Waals surface area contributed by atoms with E-state index in [1.165, 1.54) is 11.3 Å². The fourth-order valence-corrected chi connectivity index (χ4v) is 3.01. The van der Waals surface area contributed by atoms with Crippen molar-refractivity contribution in [2.45, 2.75) is 40.5 Å². The second-order valence-electron chi connectivity index (χ2n) is 5.49. The number of hydrogen-bond acceptors (Lipinski definition) is 5. The van der Waals surface area contributed by atoms with Crippen LogP contribution < -0.4 is 10.6 Å². The van der Waals surface area contributed by atoms with Crippen LogP contribution in [0.2, 0.25) is 0 Å². The normalized spacial score (nSPS) is 12.2. The van der Waals surface area contributed by atoms with E-state index in [0.29, 0.717) is 23.2 Å². The van der Waals surface area contributed by atoms with E-state index in [0.717, 1.165) is 31.1 Å². The Morgan fingerprint density at radius 2 is 2.05 bits per heavy atom. The number of thiazole rings is 1. The second kappa shape index (κ2) is 8.22. The van der Waals surface area contributed by atoms with Gasteiger partial charge in [0, 0.05) is 26.7 Å². The highest BCUT2D eigenvalue weighted by atomic mass is 32.1. The number of carbonyl (C=O) groups is 1. The van der Waals surface area contributed by atoms with Gasteiger partial charge in [0.25, 0.3) is 5.91 Å². The maximum Gasteiger partial charge on any atom is 0.267 e. The van der Waals surface area contributed by atoms with E-state index in [9.17, 15) is 4.79 Å². The molecule has 120 valence electrons. The average molecular weight is 312 g/mol. The van der Waals surface area contributed by atoms with Crippen molar-refractivity contribution in [3.05, 3.63) is 4.88 Å². The van der Waals surface area contributed by atoms with Gasteiger partial charge in [-0.15, -0.1) is 0 Å². The van der Waals surface area contributed by atoms with Crippen LogP contribution in [0.15, 0.2) is 0 Å². The summed E-state index contributed by atoms with van der Waals surface area (Å²) in [5.74, 6) is 0.847. The number of anilines is 2. The maximum atomic E-state index is 12.6. The fourth-order valence-electron chi connectivity index (χ4n) is 2.07. The van der Waals surface area contributed by atoms with Crippen LogP contribution in [-0.4, -0.2) is 42.5 Å². The molecule has 1 amide bonds. The third kappa shape index (κ3) is 4.59. The Labute approximate surface area is 132 Å². The SMILES string of the molecule is CCCN(C)c1nc(N)c(C(=O)N(CC)CC(C)CC)s1. The molecule has 0 radical (unpaired) electrons. The monoisotopic (exact) mass is 312 g/mol. The minimum Gasteiger partial charge on any atom is -0.382 e. The molecule has 5 nitrogen and oxygen atoms in total. The van der Waals surface area contributed by atoms with Gasteiger partial charge in [-0.3, -0.25) is 4.79 Å². The van der Waals surface area contributed by atoms with Gasteiger partial charge < -0.3 is 15.5 Å². The first kappa shape index (κ1) is 17.8. The number of rotatable bonds is 8. The van der Waals surface area contributed by atoms with Gasteiger partial charge in [0.1, 0.15) is 10.7 Å². The Balaban J connectivity index is 2.90. The molecule has 0 aliphatic heterocycles. The predicted octanol–water partition coefficient (Wildman–Crippen LogP) is 3.08. The molecule has 6 heteroatoms. The molecule has 0 aliphatic carbocycles. The number of carbonyl (C=O) groups excluding carboxylic acids is 1. The van der Waals surface area contributed by atoms with Gasteiger partial charge >= 0.3 is 0 Å². The summed E-state index contributed by atoms with van der Waals surface area (Å²) >= 11 is 1.39. The summed E-state index contributed by atoms with van der Waals surface area (Å²) in [5, 5.41) is 0.817. The Morgan fingerprint density at radius 3 is 2.57 bits per heavy atom. The van der Waals surface area contributed by atoms with Gasteiger partial charge in [-0.2, -0.15) is 0 Å². The summed E-state index contributed by atoms with van der Waals surface area (Å²) < 4.78 is 0. The van der Waals surface area contributed by atoms with Crippen LogP contribution in [0.1, 0.15) is 50.2 Å². The number of hydrogen-bond donors (Lipinski definition) is 1. The van der Waals surface area contributed by atoms with Crippen molar-refractivity contribution in [2.75, 3.05) is 37.3 Å². The van der Waals surface area contributed by atoms with E-state index < -0.39 is 0 Å². The molecule has 2 N–H and O–H groups in total. The van der Waals surface area contributed by atoms with Crippen LogP contribution in [0, 0.1) is 5.92 Å². The number of aromatic nitrogens is 1. The molecule has 0 aromatic carbocycles. The van der Waals surface area contributed by atoms with Gasteiger partial charge in [0.05, 0.1) is 0 Å². The van der Waals surface area contributed by atoms with Crippen LogP contribution in [0.3, 0.4) is 0 Å². The highest BCUT2D eigenvalue weighted by Gasteiger charge is 2.23. The van der Waals surface area contributed by atoms with Crippen LogP contribution >= 0.6 is 11.3 Å². The summed E-state index contributed by atoms with van der Waals surface area (Å²) in [4.78, 5) is 21.5. The van der Waals surface area contributed by atoms with Crippen molar-refractivity contribution in [3.8, 4) is 0 Å². The van der Waals surface area contributed by atoms with E-state index in [1.54, 1.807) is 0 Å². The number of nitrogens with zero attached hydrogens (tertiary/aromatic N) is 3. The highest BCUT2D eigenvalue weighted by Crippen LogP contribution is 2.29. The Bertz CT molecular complexity index is 461. The Kier molecular flexibility index (Phi) is 6.95. The zero-order chi connectivity index (χ0) is 16.0. The third-order valence-electron chi connectivity index (χ3n) is 3.62. The van der Waals surface area contributed by atoms with E-state index in [-0.39, 0.29) is 5.91 Å². The standard InChI is InChI=1S/C15H28N4OS/c1-6-9-18(5)15-17-13(16)12(21-15)14(20)19(8-3)10-11(4)7-2/h11H,6-10,16H2,1-5H3. The second-order valence-corrected chi connectivity index (χ2v) is 6.47. The predicted molar refractivity (Wildman–Crippen MR) is 91.1 cm³/mol. The van der Waals surface area contributed by atoms with Crippen molar-refractivity contribution in [3.63, 3.8) is 0 Å². The molecule has 1 heterocycles. The first-order chi connectivity index (χ1) is 9.94. The van der Waals surface area contributed by atoms with E-state index in [1.807, 2.05) is 23.8 Å². The molecule has 1 atom stereocenters. The number of nitrogens with two attached hydrogens (primary N) is 1. The van der Waals surface area contributed by atoms with Gasteiger partial charge in [0.2, 0.25) is 0 Å². The fraction of sp³-hybridized carbons (Fsp3) is 0.733.